The number of hydrogen-bond donors (Lipinski definition) is 1. The minimum absolute atomic E-state index is 0. The van der Waals surface area contributed by atoms with Gasteiger partial charge < -0.3 is 15.1 Å². The molecule has 0 spiro atoms. The zero-order valence-corrected chi connectivity index (χ0v) is 17.0. The highest BCUT2D eigenvalue weighted by atomic mass is 35.5. The summed E-state index contributed by atoms with van der Waals surface area (Å²) in [6.07, 6.45) is 9.97. The monoisotopic (exact) mass is 371 g/mol. The molecule has 5 heteroatoms. The smallest absolute Gasteiger partial charge is 0.225 e. The van der Waals surface area contributed by atoms with E-state index in [9.17, 15) is 4.79 Å². The number of hydrogen-bond acceptors (Lipinski definition) is 3. The Morgan fingerprint density at radius 2 is 1.80 bits per heavy atom. The topological polar surface area (TPSA) is 35.6 Å². The van der Waals surface area contributed by atoms with E-state index in [1.165, 1.54) is 51.6 Å². The number of nitrogens with one attached hydrogen (secondary N) is 1. The van der Waals surface area contributed by atoms with Crippen molar-refractivity contribution in [3.05, 3.63) is 0 Å². The van der Waals surface area contributed by atoms with Gasteiger partial charge in [-0.2, -0.15) is 0 Å². The van der Waals surface area contributed by atoms with Gasteiger partial charge in [-0.1, -0.05) is 6.42 Å². The predicted octanol–water partition coefficient (Wildman–Crippen LogP) is 3.30. The fourth-order valence-electron chi connectivity index (χ4n) is 4.89. The maximum absolute atomic E-state index is 12.7. The summed E-state index contributed by atoms with van der Waals surface area (Å²) in [5.41, 5.74) is 0. The molecule has 3 fully saturated rings. The van der Waals surface area contributed by atoms with Crippen molar-refractivity contribution in [3.8, 4) is 0 Å². The molecule has 1 unspecified atom stereocenters. The highest BCUT2D eigenvalue weighted by Crippen LogP contribution is 2.26. The van der Waals surface area contributed by atoms with Gasteiger partial charge in [0.25, 0.3) is 0 Å². The zero-order valence-electron chi connectivity index (χ0n) is 16.2. The zero-order chi connectivity index (χ0) is 16.9. The van der Waals surface area contributed by atoms with Crippen molar-refractivity contribution in [2.75, 3.05) is 32.7 Å². The van der Waals surface area contributed by atoms with Crippen LogP contribution in [0.3, 0.4) is 0 Å². The molecular formula is C20H38ClN3O. The normalized spacial score (nSPS) is 32.2. The van der Waals surface area contributed by atoms with Crippen LogP contribution >= 0.6 is 12.4 Å². The Hall–Kier alpha value is -0.320. The quantitative estimate of drug-likeness (QED) is 0.823. The van der Waals surface area contributed by atoms with Crippen molar-refractivity contribution < 1.29 is 4.79 Å². The minimum Gasteiger partial charge on any atom is -0.342 e. The van der Waals surface area contributed by atoms with Gasteiger partial charge in [-0.05, 0) is 84.3 Å². The molecule has 1 amide bonds. The molecule has 1 N–H and O–H groups in total. The number of rotatable bonds is 4. The molecule has 25 heavy (non-hydrogen) atoms. The first kappa shape index (κ1) is 21.0. The molecule has 3 heterocycles. The van der Waals surface area contributed by atoms with Gasteiger partial charge in [0.15, 0.2) is 0 Å². The largest absolute Gasteiger partial charge is 0.342 e. The summed E-state index contributed by atoms with van der Waals surface area (Å²) in [6, 6.07) is 1.28. The number of piperidine rings is 3. The Bertz CT molecular complexity index is 412. The van der Waals surface area contributed by atoms with Gasteiger partial charge >= 0.3 is 0 Å². The van der Waals surface area contributed by atoms with Crippen molar-refractivity contribution in [3.63, 3.8) is 0 Å². The summed E-state index contributed by atoms with van der Waals surface area (Å²) >= 11 is 0. The molecule has 0 aliphatic carbocycles. The van der Waals surface area contributed by atoms with Gasteiger partial charge in [0.2, 0.25) is 5.91 Å². The van der Waals surface area contributed by atoms with E-state index in [4.69, 9.17) is 0 Å². The third-order valence-electron chi connectivity index (χ3n) is 6.66. The lowest BCUT2D eigenvalue weighted by Gasteiger charge is -2.38. The fraction of sp³-hybridized carbons (Fsp3) is 0.950. The predicted molar refractivity (Wildman–Crippen MR) is 106 cm³/mol. The molecule has 0 aromatic heterocycles. The lowest BCUT2D eigenvalue weighted by Crippen LogP contribution is -2.47. The SMILES string of the molecule is CC1CCCCN1CCC1CCN(C(=O)[C@H]2CCN[C@@H](C)C2)CC1.Cl. The van der Waals surface area contributed by atoms with E-state index in [-0.39, 0.29) is 18.3 Å². The number of amides is 1. The lowest BCUT2D eigenvalue weighted by molar-refractivity contribution is -0.138. The van der Waals surface area contributed by atoms with Gasteiger partial charge in [-0.25, -0.2) is 0 Å². The standard InChI is InChI=1S/C20H37N3O.ClH/c1-16-15-19(6-10-21-16)20(24)23-13-8-18(9-14-23)7-12-22-11-4-3-5-17(22)2;/h16-19,21H,3-15H2,1-2H3;1H/t16-,17?,19-;/m0./s1. The van der Waals surface area contributed by atoms with Gasteiger partial charge in [-0.15, -0.1) is 12.4 Å². The molecule has 0 bridgehead atoms. The van der Waals surface area contributed by atoms with Crippen LogP contribution in [0.1, 0.15) is 65.2 Å². The molecule has 3 aliphatic rings. The van der Waals surface area contributed by atoms with Crippen LogP contribution in [-0.2, 0) is 4.79 Å². The molecule has 3 atom stereocenters. The van der Waals surface area contributed by atoms with E-state index in [0.29, 0.717) is 11.9 Å². The molecule has 3 rings (SSSR count). The molecule has 0 aromatic rings. The lowest BCUT2D eigenvalue weighted by atomic mass is 9.89. The molecule has 3 saturated heterocycles. The highest BCUT2D eigenvalue weighted by Gasteiger charge is 2.31. The van der Waals surface area contributed by atoms with Crippen molar-refractivity contribution >= 4 is 18.3 Å². The van der Waals surface area contributed by atoms with Crippen LogP contribution in [0, 0.1) is 11.8 Å². The van der Waals surface area contributed by atoms with Crippen LogP contribution in [0.5, 0.6) is 0 Å². The highest BCUT2D eigenvalue weighted by molar-refractivity contribution is 5.85. The van der Waals surface area contributed by atoms with E-state index in [1.54, 1.807) is 0 Å². The van der Waals surface area contributed by atoms with Crippen LogP contribution in [0.4, 0.5) is 0 Å². The van der Waals surface area contributed by atoms with Crippen LogP contribution in [0.15, 0.2) is 0 Å². The third kappa shape index (κ3) is 5.83. The molecular weight excluding hydrogens is 334 g/mol. The Kier molecular flexibility index (Phi) is 8.50. The maximum atomic E-state index is 12.7. The Balaban J connectivity index is 0.00000225. The molecule has 0 saturated carbocycles. The average Bonchev–Trinajstić information content (AvgIpc) is 2.61. The summed E-state index contributed by atoms with van der Waals surface area (Å²) in [4.78, 5) is 17.6. The van der Waals surface area contributed by atoms with Gasteiger partial charge in [0.1, 0.15) is 0 Å². The molecule has 146 valence electrons. The summed E-state index contributed by atoms with van der Waals surface area (Å²) in [6.45, 7) is 10.2. The van der Waals surface area contributed by atoms with Crippen molar-refractivity contribution in [1.29, 1.82) is 0 Å². The number of likely N-dealkylation sites (tertiary alicyclic amines) is 2. The van der Waals surface area contributed by atoms with Gasteiger partial charge in [0, 0.05) is 31.1 Å². The second kappa shape index (κ2) is 10.1. The van der Waals surface area contributed by atoms with Crippen molar-refractivity contribution in [2.45, 2.75) is 77.3 Å². The number of carbonyl (C=O) groups excluding carboxylic acids is 1. The second-order valence-corrected chi connectivity index (χ2v) is 8.51. The van der Waals surface area contributed by atoms with Crippen LogP contribution in [-0.4, -0.2) is 60.5 Å². The first-order chi connectivity index (χ1) is 11.6. The summed E-state index contributed by atoms with van der Waals surface area (Å²) in [7, 11) is 0. The minimum atomic E-state index is 0. The second-order valence-electron chi connectivity index (χ2n) is 8.51. The van der Waals surface area contributed by atoms with E-state index in [2.05, 4.69) is 29.0 Å². The molecule has 0 aromatic carbocycles. The molecule has 4 nitrogen and oxygen atoms in total. The number of halogens is 1. The first-order valence-electron chi connectivity index (χ1n) is 10.4. The van der Waals surface area contributed by atoms with E-state index < -0.39 is 0 Å². The van der Waals surface area contributed by atoms with Crippen molar-refractivity contribution in [2.24, 2.45) is 11.8 Å². The first-order valence-corrected chi connectivity index (χ1v) is 10.4. The van der Waals surface area contributed by atoms with Gasteiger partial charge in [0.05, 0.1) is 0 Å². The summed E-state index contributed by atoms with van der Waals surface area (Å²) < 4.78 is 0. The van der Waals surface area contributed by atoms with E-state index in [1.807, 2.05) is 0 Å². The van der Waals surface area contributed by atoms with Crippen LogP contribution in [0.25, 0.3) is 0 Å². The number of carbonyl (C=O) groups is 1. The Morgan fingerprint density at radius 3 is 2.48 bits per heavy atom. The van der Waals surface area contributed by atoms with Gasteiger partial charge in [-0.3, -0.25) is 4.79 Å². The maximum Gasteiger partial charge on any atom is 0.225 e. The summed E-state index contributed by atoms with van der Waals surface area (Å²) in [5, 5.41) is 3.45. The Labute approximate surface area is 160 Å². The third-order valence-corrected chi connectivity index (χ3v) is 6.66. The van der Waals surface area contributed by atoms with Crippen LogP contribution in [0.2, 0.25) is 0 Å². The summed E-state index contributed by atoms with van der Waals surface area (Å²) in [5.74, 6) is 1.54. The van der Waals surface area contributed by atoms with Crippen molar-refractivity contribution in [1.82, 2.24) is 15.1 Å². The molecule has 0 radical (unpaired) electrons. The fourth-order valence-corrected chi connectivity index (χ4v) is 4.89. The number of nitrogens with zero attached hydrogens (tertiary/aromatic N) is 2. The Morgan fingerprint density at radius 1 is 1.04 bits per heavy atom. The molecule has 3 aliphatic heterocycles. The average molecular weight is 372 g/mol. The van der Waals surface area contributed by atoms with E-state index >= 15 is 0 Å². The van der Waals surface area contributed by atoms with E-state index in [0.717, 1.165) is 44.4 Å². The van der Waals surface area contributed by atoms with Crippen LogP contribution < -0.4 is 5.32 Å².